The number of pyridine rings is 1. The van der Waals surface area contributed by atoms with E-state index in [9.17, 15) is 4.79 Å². The molecule has 0 aliphatic carbocycles. The first-order chi connectivity index (χ1) is 20.1. The van der Waals surface area contributed by atoms with Gasteiger partial charge in [0, 0.05) is 27.9 Å². The van der Waals surface area contributed by atoms with Crippen molar-refractivity contribution in [2.75, 3.05) is 21.3 Å². The van der Waals surface area contributed by atoms with E-state index in [2.05, 4.69) is 52.8 Å². The summed E-state index contributed by atoms with van der Waals surface area (Å²) in [5.41, 5.74) is 5.41. The number of carbonyl (C=O) groups excluding carboxylic acids is 1. The Morgan fingerprint density at radius 1 is 0.829 bits per heavy atom. The molecular weight excluding hydrogens is 514 g/mol. The van der Waals surface area contributed by atoms with Crippen LogP contribution in [0.25, 0.3) is 49.9 Å². The summed E-state index contributed by atoms with van der Waals surface area (Å²) in [5.74, 6) is 1.29. The van der Waals surface area contributed by atoms with Crippen molar-refractivity contribution >= 4 is 44.6 Å². The van der Waals surface area contributed by atoms with Gasteiger partial charge in [-0.3, -0.25) is 4.79 Å². The van der Waals surface area contributed by atoms with Crippen LogP contribution in [0.4, 0.5) is 0 Å². The third kappa shape index (κ3) is 4.94. The monoisotopic (exact) mass is 543 g/mol. The molecule has 0 unspecified atom stereocenters. The number of aromatic nitrogens is 2. The molecule has 6 aromatic rings. The molecule has 0 atom stereocenters. The van der Waals surface area contributed by atoms with Gasteiger partial charge in [0.05, 0.1) is 44.8 Å². The van der Waals surface area contributed by atoms with Crippen molar-refractivity contribution in [3.05, 3.63) is 102 Å². The molecule has 41 heavy (non-hydrogen) atoms. The molecule has 0 bridgehead atoms. The maximum Gasteiger partial charge on any atom is 0.244 e. The normalized spacial score (nSPS) is 11.4. The molecule has 6 rings (SSSR count). The summed E-state index contributed by atoms with van der Waals surface area (Å²) in [4.78, 5) is 21.5. The number of H-pyrrole nitrogens is 1. The van der Waals surface area contributed by atoms with Crippen molar-refractivity contribution in [3.8, 4) is 28.5 Å². The standard InChI is InChI=1S/C34H29N3O4/c1-39-29-17-21(18-30(40-2)34(29)41-3)15-16-31(38)35-20-23-19-27-25-12-6-7-14-28(25)37-33(27)32(36-23)26-13-8-10-22-9-4-5-11-24(22)26/h4-19,37H,20H2,1-3H3,(H,35,38)/b16-15+. The third-order valence-electron chi connectivity index (χ3n) is 7.15. The van der Waals surface area contributed by atoms with Crippen LogP contribution in [0.2, 0.25) is 0 Å². The summed E-state index contributed by atoms with van der Waals surface area (Å²) < 4.78 is 16.2. The summed E-state index contributed by atoms with van der Waals surface area (Å²) in [6.07, 6.45) is 3.19. The van der Waals surface area contributed by atoms with Gasteiger partial charge in [0.15, 0.2) is 11.5 Å². The molecule has 7 heteroatoms. The number of hydrogen-bond donors (Lipinski definition) is 2. The molecule has 2 heterocycles. The zero-order chi connectivity index (χ0) is 28.3. The molecule has 7 nitrogen and oxygen atoms in total. The average molecular weight is 544 g/mol. The second kappa shape index (κ2) is 11.1. The van der Waals surface area contributed by atoms with E-state index in [1.165, 1.54) is 6.08 Å². The van der Waals surface area contributed by atoms with E-state index in [1.807, 2.05) is 30.3 Å². The van der Waals surface area contributed by atoms with Gasteiger partial charge in [0.1, 0.15) is 0 Å². The van der Waals surface area contributed by atoms with Gasteiger partial charge >= 0.3 is 0 Å². The number of fused-ring (bicyclic) bond motifs is 4. The molecule has 0 radical (unpaired) electrons. The van der Waals surface area contributed by atoms with Crippen LogP contribution >= 0.6 is 0 Å². The number of para-hydroxylation sites is 1. The van der Waals surface area contributed by atoms with Crippen LogP contribution in [0.3, 0.4) is 0 Å². The summed E-state index contributed by atoms with van der Waals surface area (Å²) in [7, 11) is 4.67. The van der Waals surface area contributed by atoms with E-state index in [-0.39, 0.29) is 12.5 Å². The number of nitrogens with one attached hydrogen (secondary N) is 2. The second-order valence-corrected chi connectivity index (χ2v) is 9.59. The molecule has 0 aliphatic heterocycles. The fourth-order valence-corrected chi connectivity index (χ4v) is 5.22. The van der Waals surface area contributed by atoms with Crippen LogP contribution < -0.4 is 19.5 Å². The zero-order valence-electron chi connectivity index (χ0n) is 23.0. The quantitative estimate of drug-likeness (QED) is 0.204. The minimum atomic E-state index is -0.244. The Labute approximate surface area is 237 Å². The zero-order valence-corrected chi connectivity index (χ0v) is 23.0. The first kappa shape index (κ1) is 26.0. The number of methoxy groups -OCH3 is 3. The van der Waals surface area contributed by atoms with Crippen molar-refractivity contribution in [2.24, 2.45) is 0 Å². The van der Waals surface area contributed by atoms with Gasteiger partial charge in [0.2, 0.25) is 11.7 Å². The molecule has 0 spiro atoms. The van der Waals surface area contributed by atoms with E-state index in [0.717, 1.165) is 55.1 Å². The van der Waals surface area contributed by atoms with Gasteiger partial charge in [-0.15, -0.1) is 0 Å². The van der Waals surface area contributed by atoms with E-state index in [0.29, 0.717) is 17.2 Å². The highest BCUT2D eigenvalue weighted by atomic mass is 16.5. The highest BCUT2D eigenvalue weighted by Crippen LogP contribution is 2.39. The number of carbonyl (C=O) groups is 1. The van der Waals surface area contributed by atoms with Crippen molar-refractivity contribution in [2.45, 2.75) is 6.54 Å². The molecule has 2 N–H and O–H groups in total. The number of benzene rings is 4. The largest absolute Gasteiger partial charge is 0.493 e. The van der Waals surface area contributed by atoms with Gasteiger partial charge < -0.3 is 24.5 Å². The Morgan fingerprint density at radius 3 is 2.29 bits per heavy atom. The van der Waals surface area contributed by atoms with Crippen LogP contribution in [-0.2, 0) is 11.3 Å². The number of nitrogens with zero attached hydrogens (tertiary/aromatic N) is 1. The lowest BCUT2D eigenvalue weighted by Gasteiger charge is -2.12. The molecule has 2 aromatic heterocycles. The predicted molar refractivity (Wildman–Crippen MR) is 164 cm³/mol. The Kier molecular flexibility index (Phi) is 7.00. The number of rotatable bonds is 8. The number of aromatic amines is 1. The van der Waals surface area contributed by atoms with E-state index in [1.54, 1.807) is 39.5 Å². The lowest BCUT2D eigenvalue weighted by Crippen LogP contribution is -2.21. The number of amides is 1. The predicted octanol–water partition coefficient (Wildman–Crippen LogP) is 6.89. The summed E-state index contributed by atoms with van der Waals surface area (Å²) in [6, 6.07) is 28.4. The van der Waals surface area contributed by atoms with Crippen molar-refractivity contribution in [3.63, 3.8) is 0 Å². The summed E-state index contributed by atoms with van der Waals surface area (Å²) in [6.45, 7) is 0.269. The number of hydrogen-bond acceptors (Lipinski definition) is 5. The molecule has 0 saturated carbocycles. The van der Waals surface area contributed by atoms with Crippen LogP contribution in [-0.4, -0.2) is 37.2 Å². The van der Waals surface area contributed by atoms with Gasteiger partial charge in [-0.2, -0.15) is 0 Å². The topological polar surface area (TPSA) is 85.5 Å². The lowest BCUT2D eigenvalue weighted by atomic mass is 10.00. The smallest absolute Gasteiger partial charge is 0.244 e. The van der Waals surface area contributed by atoms with Crippen LogP contribution in [0.15, 0.2) is 91.0 Å². The Balaban J connectivity index is 1.33. The highest BCUT2D eigenvalue weighted by molar-refractivity contribution is 6.13. The molecule has 0 aliphatic rings. The fourth-order valence-electron chi connectivity index (χ4n) is 5.22. The van der Waals surface area contributed by atoms with Gasteiger partial charge in [-0.1, -0.05) is 60.7 Å². The maximum absolute atomic E-state index is 12.9. The van der Waals surface area contributed by atoms with Gasteiger partial charge in [-0.05, 0) is 46.7 Å². The maximum atomic E-state index is 12.9. The van der Waals surface area contributed by atoms with Crippen molar-refractivity contribution in [1.29, 1.82) is 0 Å². The van der Waals surface area contributed by atoms with Gasteiger partial charge in [0.25, 0.3) is 0 Å². The third-order valence-corrected chi connectivity index (χ3v) is 7.15. The van der Waals surface area contributed by atoms with Crippen LogP contribution in [0.5, 0.6) is 17.2 Å². The first-order valence-electron chi connectivity index (χ1n) is 13.2. The van der Waals surface area contributed by atoms with E-state index in [4.69, 9.17) is 19.2 Å². The minimum absolute atomic E-state index is 0.244. The molecule has 204 valence electrons. The molecule has 0 fully saturated rings. The van der Waals surface area contributed by atoms with Crippen molar-refractivity contribution < 1.29 is 19.0 Å². The van der Waals surface area contributed by atoms with E-state index >= 15 is 0 Å². The molecule has 4 aromatic carbocycles. The Morgan fingerprint density at radius 2 is 1.54 bits per heavy atom. The molecule has 1 amide bonds. The Hall–Kier alpha value is -5.30. The highest BCUT2D eigenvalue weighted by Gasteiger charge is 2.16. The first-order valence-corrected chi connectivity index (χ1v) is 13.2. The lowest BCUT2D eigenvalue weighted by molar-refractivity contribution is -0.116. The average Bonchev–Trinajstić information content (AvgIpc) is 3.40. The second-order valence-electron chi connectivity index (χ2n) is 9.59. The van der Waals surface area contributed by atoms with Crippen LogP contribution in [0, 0.1) is 0 Å². The number of ether oxygens (including phenoxy) is 3. The SMILES string of the molecule is COc1cc(/C=C/C(=O)NCc2cc3c([nH]c4ccccc43)c(-c3cccc4ccccc34)n2)cc(OC)c1OC. The fraction of sp³-hybridized carbons (Fsp3) is 0.118. The minimum Gasteiger partial charge on any atom is -0.493 e. The molecule has 0 saturated heterocycles. The van der Waals surface area contributed by atoms with Crippen molar-refractivity contribution in [1.82, 2.24) is 15.3 Å². The Bertz CT molecular complexity index is 1910. The van der Waals surface area contributed by atoms with Crippen LogP contribution in [0.1, 0.15) is 11.3 Å². The van der Waals surface area contributed by atoms with Gasteiger partial charge in [-0.25, -0.2) is 4.98 Å². The summed E-state index contributed by atoms with van der Waals surface area (Å²) in [5, 5.41) is 7.43. The summed E-state index contributed by atoms with van der Waals surface area (Å²) >= 11 is 0. The molecular formula is C34H29N3O4. The van der Waals surface area contributed by atoms with E-state index < -0.39 is 0 Å².